The van der Waals surface area contributed by atoms with Gasteiger partial charge in [-0.1, -0.05) is 18.2 Å². The lowest BCUT2D eigenvalue weighted by molar-refractivity contribution is 0.0384. The van der Waals surface area contributed by atoms with Gasteiger partial charge in [-0.3, -0.25) is 4.90 Å². The summed E-state index contributed by atoms with van der Waals surface area (Å²) in [5.41, 5.74) is 4.66. The number of hydrogen-bond acceptors (Lipinski definition) is 3. The van der Waals surface area contributed by atoms with Gasteiger partial charge in [0.25, 0.3) is 0 Å². The smallest absolute Gasteiger partial charge is 0.0594 e. The van der Waals surface area contributed by atoms with Gasteiger partial charge in [0.1, 0.15) is 0 Å². The molecule has 3 rings (SSSR count). The number of rotatable bonds is 3. The Morgan fingerprint density at radius 2 is 2.11 bits per heavy atom. The third kappa shape index (κ3) is 2.74. The van der Waals surface area contributed by atoms with Gasteiger partial charge in [-0.2, -0.15) is 0 Å². The molecule has 98 valence electrons. The van der Waals surface area contributed by atoms with Crippen LogP contribution in [0.4, 0.5) is 0 Å². The molecule has 0 amide bonds. The van der Waals surface area contributed by atoms with Crippen LogP contribution in [-0.2, 0) is 24.1 Å². The third-order valence-electron chi connectivity index (χ3n) is 4.04. The topological polar surface area (TPSA) is 24.5 Å². The Labute approximate surface area is 109 Å². The lowest BCUT2D eigenvalue weighted by Gasteiger charge is -2.27. The second-order valence-corrected chi connectivity index (χ2v) is 5.19. The van der Waals surface area contributed by atoms with Gasteiger partial charge in [-0.15, -0.1) is 0 Å². The zero-order valence-corrected chi connectivity index (χ0v) is 11.0. The second-order valence-electron chi connectivity index (χ2n) is 5.19. The molecule has 1 aromatic rings. The van der Waals surface area contributed by atoms with Crippen LogP contribution < -0.4 is 5.32 Å². The average Bonchev–Trinajstić information content (AvgIpc) is 2.46. The minimum absolute atomic E-state index is 0.900. The van der Waals surface area contributed by atoms with E-state index >= 15 is 0 Å². The van der Waals surface area contributed by atoms with Crippen molar-refractivity contribution in [3.63, 3.8) is 0 Å². The van der Waals surface area contributed by atoms with Crippen LogP contribution in [0.2, 0.25) is 0 Å². The monoisotopic (exact) mass is 246 g/mol. The summed E-state index contributed by atoms with van der Waals surface area (Å²) in [5.74, 6) is 0. The Balaban J connectivity index is 1.65. The van der Waals surface area contributed by atoms with E-state index in [0.717, 1.165) is 39.4 Å². The first-order valence-electron chi connectivity index (χ1n) is 7.04. The second kappa shape index (κ2) is 5.83. The van der Waals surface area contributed by atoms with Crippen LogP contribution in [0.5, 0.6) is 0 Å². The zero-order valence-electron chi connectivity index (χ0n) is 11.0. The van der Waals surface area contributed by atoms with E-state index in [9.17, 15) is 0 Å². The van der Waals surface area contributed by atoms with Crippen molar-refractivity contribution >= 4 is 0 Å². The standard InChI is InChI=1S/C15H22N2O/c1-2-13(5-7-17-8-10-18-11-9-17)15-4-6-16-12-14(15)3-1/h1-3,16H,4-12H2. The van der Waals surface area contributed by atoms with E-state index in [1.165, 1.54) is 24.9 Å². The summed E-state index contributed by atoms with van der Waals surface area (Å²) >= 11 is 0. The van der Waals surface area contributed by atoms with Crippen LogP contribution in [-0.4, -0.2) is 44.3 Å². The molecule has 0 saturated carbocycles. The van der Waals surface area contributed by atoms with Crippen LogP contribution in [0.1, 0.15) is 16.7 Å². The Morgan fingerprint density at radius 1 is 1.22 bits per heavy atom. The highest BCUT2D eigenvalue weighted by Crippen LogP contribution is 2.19. The minimum atomic E-state index is 0.900. The van der Waals surface area contributed by atoms with Gasteiger partial charge in [-0.05, 0) is 36.1 Å². The third-order valence-corrected chi connectivity index (χ3v) is 4.04. The van der Waals surface area contributed by atoms with E-state index in [2.05, 4.69) is 28.4 Å². The Kier molecular flexibility index (Phi) is 3.93. The van der Waals surface area contributed by atoms with E-state index in [1.807, 2.05) is 0 Å². The van der Waals surface area contributed by atoms with Crippen molar-refractivity contribution in [3.8, 4) is 0 Å². The molecule has 0 aliphatic carbocycles. The first kappa shape index (κ1) is 12.2. The van der Waals surface area contributed by atoms with Crippen LogP contribution >= 0.6 is 0 Å². The van der Waals surface area contributed by atoms with Crippen molar-refractivity contribution < 1.29 is 4.74 Å². The van der Waals surface area contributed by atoms with Gasteiger partial charge in [0.05, 0.1) is 13.2 Å². The first-order valence-corrected chi connectivity index (χ1v) is 7.04. The summed E-state index contributed by atoms with van der Waals surface area (Å²) in [5, 5.41) is 3.45. The zero-order chi connectivity index (χ0) is 12.2. The summed E-state index contributed by atoms with van der Waals surface area (Å²) in [6, 6.07) is 6.78. The highest BCUT2D eigenvalue weighted by Gasteiger charge is 2.14. The van der Waals surface area contributed by atoms with E-state index < -0.39 is 0 Å². The molecular weight excluding hydrogens is 224 g/mol. The number of nitrogens with one attached hydrogen (secondary N) is 1. The molecule has 0 spiro atoms. The predicted molar refractivity (Wildman–Crippen MR) is 72.8 cm³/mol. The molecule has 1 saturated heterocycles. The summed E-state index contributed by atoms with van der Waals surface area (Å²) in [7, 11) is 0. The van der Waals surface area contributed by atoms with Gasteiger partial charge in [0.2, 0.25) is 0 Å². The molecule has 2 aliphatic rings. The van der Waals surface area contributed by atoms with Gasteiger partial charge in [0, 0.05) is 26.2 Å². The van der Waals surface area contributed by atoms with E-state index in [4.69, 9.17) is 4.74 Å². The number of benzene rings is 1. The molecule has 0 radical (unpaired) electrons. The van der Waals surface area contributed by atoms with Crippen LogP contribution in [0.25, 0.3) is 0 Å². The largest absolute Gasteiger partial charge is 0.379 e. The maximum atomic E-state index is 5.39. The Hall–Kier alpha value is -0.900. The fourth-order valence-electron chi connectivity index (χ4n) is 2.95. The van der Waals surface area contributed by atoms with Crippen molar-refractivity contribution in [1.29, 1.82) is 0 Å². The van der Waals surface area contributed by atoms with Crippen LogP contribution in [0, 0.1) is 0 Å². The van der Waals surface area contributed by atoms with Crippen molar-refractivity contribution in [2.45, 2.75) is 19.4 Å². The number of nitrogens with zero attached hydrogens (tertiary/aromatic N) is 1. The normalized spacial score (nSPS) is 20.7. The predicted octanol–water partition coefficient (Wildman–Crippen LogP) is 1.21. The summed E-state index contributed by atoms with van der Waals surface area (Å²) in [6.45, 7) is 7.33. The fourth-order valence-corrected chi connectivity index (χ4v) is 2.95. The first-order chi connectivity index (χ1) is 8.93. The molecule has 1 aromatic carbocycles. The molecule has 0 bridgehead atoms. The number of hydrogen-bond donors (Lipinski definition) is 1. The highest BCUT2D eigenvalue weighted by molar-refractivity contribution is 5.37. The molecule has 3 nitrogen and oxygen atoms in total. The fraction of sp³-hybridized carbons (Fsp3) is 0.600. The van der Waals surface area contributed by atoms with E-state index in [1.54, 1.807) is 11.1 Å². The van der Waals surface area contributed by atoms with E-state index in [-0.39, 0.29) is 0 Å². The molecule has 2 aliphatic heterocycles. The van der Waals surface area contributed by atoms with Crippen LogP contribution in [0.15, 0.2) is 18.2 Å². The highest BCUT2D eigenvalue weighted by atomic mass is 16.5. The summed E-state index contributed by atoms with van der Waals surface area (Å²) in [4.78, 5) is 2.52. The molecule has 0 unspecified atom stereocenters. The lowest BCUT2D eigenvalue weighted by Crippen LogP contribution is -2.37. The average molecular weight is 246 g/mol. The van der Waals surface area contributed by atoms with Gasteiger partial charge < -0.3 is 10.1 Å². The molecule has 1 N–H and O–H groups in total. The molecule has 18 heavy (non-hydrogen) atoms. The van der Waals surface area contributed by atoms with Crippen LogP contribution in [0.3, 0.4) is 0 Å². The maximum Gasteiger partial charge on any atom is 0.0594 e. The van der Waals surface area contributed by atoms with Crippen molar-refractivity contribution in [2.24, 2.45) is 0 Å². The van der Waals surface area contributed by atoms with Gasteiger partial charge in [-0.25, -0.2) is 0 Å². The van der Waals surface area contributed by atoms with Gasteiger partial charge >= 0.3 is 0 Å². The SMILES string of the molecule is c1cc(CCN2CCOCC2)c2c(c1)CNCC2. The Bertz CT molecular complexity index is 399. The number of ether oxygens (including phenoxy) is 1. The molecule has 2 heterocycles. The maximum absolute atomic E-state index is 5.39. The van der Waals surface area contributed by atoms with Gasteiger partial charge in [0.15, 0.2) is 0 Å². The number of morpholine rings is 1. The van der Waals surface area contributed by atoms with E-state index in [0.29, 0.717) is 0 Å². The molecule has 0 atom stereocenters. The molecular formula is C15H22N2O. The van der Waals surface area contributed by atoms with Crippen molar-refractivity contribution in [3.05, 3.63) is 34.9 Å². The molecule has 3 heteroatoms. The van der Waals surface area contributed by atoms with Crippen molar-refractivity contribution in [1.82, 2.24) is 10.2 Å². The lowest BCUT2D eigenvalue weighted by atomic mass is 9.94. The number of fused-ring (bicyclic) bond motifs is 1. The Morgan fingerprint density at radius 3 is 3.00 bits per heavy atom. The quantitative estimate of drug-likeness (QED) is 0.867. The summed E-state index contributed by atoms with van der Waals surface area (Å²) in [6.07, 6.45) is 2.37. The summed E-state index contributed by atoms with van der Waals surface area (Å²) < 4.78 is 5.39. The van der Waals surface area contributed by atoms with Crippen molar-refractivity contribution in [2.75, 3.05) is 39.4 Å². The molecule has 0 aromatic heterocycles. The molecule has 1 fully saturated rings. The minimum Gasteiger partial charge on any atom is -0.379 e.